The third-order valence-corrected chi connectivity index (χ3v) is 3.10. The maximum Gasteiger partial charge on any atom is 0.359 e. The Morgan fingerprint density at radius 3 is 2.71 bits per heavy atom. The van der Waals surface area contributed by atoms with E-state index >= 15 is 0 Å². The molecular weight excluding hydrogens is 292 g/mol. The Labute approximate surface area is 127 Å². The van der Waals surface area contributed by atoms with Crippen LogP contribution in [-0.4, -0.2) is 30.0 Å². The number of hydrogen-bond donors (Lipinski definition) is 0. The maximum atomic E-state index is 11.8. The van der Waals surface area contributed by atoms with Crippen molar-refractivity contribution >= 4 is 23.3 Å². The molecule has 0 saturated carbocycles. The molecule has 0 N–H and O–H groups in total. The van der Waals surface area contributed by atoms with Gasteiger partial charge in [0.15, 0.2) is 5.70 Å². The van der Waals surface area contributed by atoms with E-state index in [0.717, 1.165) is 11.3 Å². The Morgan fingerprint density at radius 1 is 1.33 bits per heavy atom. The maximum absolute atomic E-state index is 11.8. The number of esters is 1. The topological polar surface area (TPSA) is 53.4 Å². The zero-order chi connectivity index (χ0) is 15.4. The van der Waals surface area contributed by atoms with E-state index in [0.29, 0.717) is 10.7 Å². The number of nitrogens with zero attached hydrogens (tertiary/aromatic N) is 2. The average Bonchev–Trinajstić information content (AvgIpc) is 2.86. The van der Waals surface area contributed by atoms with Crippen molar-refractivity contribution in [3.63, 3.8) is 0 Å². The SMILES string of the molecule is COC=C(C(=O)OC)n1nc(-c2cccc(Cl)c2)cc1C. The number of halogens is 1. The van der Waals surface area contributed by atoms with Crippen molar-refractivity contribution < 1.29 is 14.3 Å². The highest BCUT2D eigenvalue weighted by Crippen LogP contribution is 2.24. The lowest BCUT2D eigenvalue weighted by molar-refractivity contribution is -0.134. The first kappa shape index (κ1) is 15.1. The average molecular weight is 307 g/mol. The summed E-state index contributed by atoms with van der Waals surface area (Å²) in [4.78, 5) is 11.8. The molecule has 6 heteroatoms. The molecule has 1 heterocycles. The number of carbonyl (C=O) groups is 1. The number of carbonyl (C=O) groups excluding carboxylic acids is 1. The van der Waals surface area contributed by atoms with Gasteiger partial charge in [-0.3, -0.25) is 0 Å². The van der Waals surface area contributed by atoms with Gasteiger partial charge in [0.2, 0.25) is 0 Å². The summed E-state index contributed by atoms with van der Waals surface area (Å²) in [5.74, 6) is -0.527. The fourth-order valence-corrected chi connectivity index (χ4v) is 2.10. The van der Waals surface area contributed by atoms with Gasteiger partial charge in [-0.15, -0.1) is 0 Å². The minimum atomic E-state index is -0.527. The minimum Gasteiger partial charge on any atom is -0.502 e. The van der Waals surface area contributed by atoms with Crippen LogP contribution in [0.2, 0.25) is 5.02 Å². The Morgan fingerprint density at radius 2 is 2.10 bits per heavy atom. The van der Waals surface area contributed by atoms with Crippen LogP contribution in [0.4, 0.5) is 0 Å². The summed E-state index contributed by atoms with van der Waals surface area (Å²) in [6.07, 6.45) is 1.30. The lowest BCUT2D eigenvalue weighted by atomic mass is 10.1. The predicted molar refractivity (Wildman–Crippen MR) is 80.7 cm³/mol. The highest BCUT2D eigenvalue weighted by Gasteiger charge is 2.17. The van der Waals surface area contributed by atoms with Crippen LogP contribution in [0.15, 0.2) is 36.6 Å². The monoisotopic (exact) mass is 306 g/mol. The Bertz CT molecular complexity index is 692. The lowest BCUT2D eigenvalue weighted by Crippen LogP contribution is -2.13. The van der Waals surface area contributed by atoms with Crippen molar-refractivity contribution in [1.82, 2.24) is 9.78 Å². The third kappa shape index (κ3) is 3.25. The second-order valence-electron chi connectivity index (χ2n) is 4.32. The zero-order valence-electron chi connectivity index (χ0n) is 12.0. The van der Waals surface area contributed by atoms with Gasteiger partial charge >= 0.3 is 5.97 Å². The fourth-order valence-electron chi connectivity index (χ4n) is 1.91. The second kappa shape index (κ2) is 6.45. The van der Waals surface area contributed by atoms with Crippen LogP contribution in [0.5, 0.6) is 0 Å². The van der Waals surface area contributed by atoms with Crippen LogP contribution in [0.3, 0.4) is 0 Å². The van der Waals surface area contributed by atoms with Crippen molar-refractivity contribution in [1.29, 1.82) is 0 Å². The molecule has 0 unspecified atom stereocenters. The second-order valence-corrected chi connectivity index (χ2v) is 4.76. The van der Waals surface area contributed by atoms with Crippen molar-refractivity contribution in [2.75, 3.05) is 14.2 Å². The standard InChI is InChI=1S/C15H15ClN2O3/c1-10-7-13(11-5-4-6-12(16)8-11)17-18(10)14(9-20-2)15(19)21-3/h4-9H,1-3H3. The van der Waals surface area contributed by atoms with E-state index in [-0.39, 0.29) is 5.70 Å². The molecule has 0 atom stereocenters. The molecule has 1 aromatic carbocycles. The van der Waals surface area contributed by atoms with E-state index in [1.54, 1.807) is 6.07 Å². The molecule has 0 bridgehead atoms. The Kier molecular flexibility index (Phi) is 4.65. The smallest absolute Gasteiger partial charge is 0.359 e. The number of aromatic nitrogens is 2. The summed E-state index contributed by atoms with van der Waals surface area (Å²) in [6, 6.07) is 9.21. The summed E-state index contributed by atoms with van der Waals surface area (Å²) in [5.41, 5.74) is 2.55. The van der Waals surface area contributed by atoms with Gasteiger partial charge in [0.25, 0.3) is 0 Å². The number of methoxy groups -OCH3 is 2. The quantitative estimate of drug-likeness (QED) is 0.495. The van der Waals surface area contributed by atoms with Gasteiger partial charge in [0, 0.05) is 16.3 Å². The number of benzene rings is 1. The first-order valence-electron chi connectivity index (χ1n) is 6.21. The molecule has 0 saturated heterocycles. The van der Waals surface area contributed by atoms with E-state index in [4.69, 9.17) is 21.1 Å². The van der Waals surface area contributed by atoms with Crippen molar-refractivity contribution in [3.05, 3.63) is 47.3 Å². The molecule has 110 valence electrons. The molecule has 0 aliphatic carbocycles. The highest BCUT2D eigenvalue weighted by molar-refractivity contribution is 6.30. The van der Waals surface area contributed by atoms with Crippen LogP contribution in [0, 0.1) is 6.92 Å². The Balaban J connectivity index is 2.48. The normalized spacial score (nSPS) is 11.3. The molecule has 5 nitrogen and oxygen atoms in total. The fraction of sp³-hybridized carbons (Fsp3) is 0.200. The summed E-state index contributed by atoms with van der Waals surface area (Å²) in [5, 5.41) is 5.04. The number of aryl methyl sites for hydroxylation is 1. The van der Waals surface area contributed by atoms with E-state index < -0.39 is 5.97 Å². The molecule has 0 aliphatic heterocycles. The summed E-state index contributed by atoms with van der Waals surface area (Å²) in [7, 11) is 2.77. The number of hydrogen-bond acceptors (Lipinski definition) is 4. The largest absolute Gasteiger partial charge is 0.502 e. The van der Waals surface area contributed by atoms with Crippen LogP contribution < -0.4 is 0 Å². The van der Waals surface area contributed by atoms with Gasteiger partial charge in [-0.05, 0) is 25.1 Å². The third-order valence-electron chi connectivity index (χ3n) is 2.86. The molecule has 2 aromatic rings. The minimum absolute atomic E-state index is 0.200. The first-order valence-corrected chi connectivity index (χ1v) is 6.59. The van der Waals surface area contributed by atoms with E-state index in [1.807, 2.05) is 31.2 Å². The van der Waals surface area contributed by atoms with Gasteiger partial charge in [-0.25, -0.2) is 9.48 Å². The van der Waals surface area contributed by atoms with Gasteiger partial charge in [-0.2, -0.15) is 5.10 Å². The van der Waals surface area contributed by atoms with Crippen LogP contribution in [-0.2, 0) is 14.3 Å². The summed E-state index contributed by atoms with van der Waals surface area (Å²) < 4.78 is 11.1. The summed E-state index contributed by atoms with van der Waals surface area (Å²) in [6.45, 7) is 1.84. The molecule has 0 fully saturated rings. The molecule has 0 aliphatic rings. The number of rotatable bonds is 4. The highest BCUT2D eigenvalue weighted by atomic mass is 35.5. The molecule has 0 amide bonds. The molecule has 0 spiro atoms. The van der Waals surface area contributed by atoms with E-state index in [1.165, 1.54) is 25.2 Å². The van der Waals surface area contributed by atoms with Gasteiger partial charge in [0.05, 0.1) is 19.9 Å². The first-order chi connectivity index (χ1) is 10.1. The predicted octanol–water partition coefficient (Wildman–Crippen LogP) is 3.13. The van der Waals surface area contributed by atoms with Crippen molar-refractivity contribution in [3.8, 4) is 11.3 Å². The van der Waals surface area contributed by atoms with Gasteiger partial charge in [-0.1, -0.05) is 23.7 Å². The molecule has 2 rings (SSSR count). The molecular formula is C15H15ClN2O3. The van der Waals surface area contributed by atoms with Crippen molar-refractivity contribution in [2.24, 2.45) is 0 Å². The van der Waals surface area contributed by atoms with E-state index in [2.05, 4.69) is 5.10 Å². The summed E-state index contributed by atoms with van der Waals surface area (Å²) >= 11 is 5.99. The molecule has 1 aromatic heterocycles. The molecule has 0 radical (unpaired) electrons. The van der Waals surface area contributed by atoms with E-state index in [9.17, 15) is 4.79 Å². The number of ether oxygens (including phenoxy) is 2. The lowest BCUT2D eigenvalue weighted by Gasteiger charge is -2.07. The Hall–Kier alpha value is -2.27. The van der Waals surface area contributed by atoms with Crippen LogP contribution >= 0.6 is 11.6 Å². The van der Waals surface area contributed by atoms with Gasteiger partial charge in [0.1, 0.15) is 6.26 Å². The van der Waals surface area contributed by atoms with Crippen LogP contribution in [0.25, 0.3) is 17.0 Å². The van der Waals surface area contributed by atoms with Crippen LogP contribution in [0.1, 0.15) is 5.69 Å². The van der Waals surface area contributed by atoms with Crippen molar-refractivity contribution in [2.45, 2.75) is 6.92 Å². The zero-order valence-corrected chi connectivity index (χ0v) is 12.7. The van der Waals surface area contributed by atoms with Gasteiger partial charge < -0.3 is 9.47 Å². The molecule has 21 heavy (non-hydrogen) atoms.